The Morgan fingerprint density at radius 3 is 1.27 bits per heavy atom. The second-order valence-electron chi connectivity index (χ2n) is 21.7. The SMILES string of the molecule is FC(F)(F)C(c1ccc(-n2c3ccccc3c3cnccc32)cc1)(c1ccc(-n2c3ccccc3c3c(-c4cccc5c4c4ccncc4n5-c4ccc(Cc5ccc(-n6c7ccccc7c7ccncc76)cc5)cc4)nccc32)cc1)C(F)(F)F. The van der Waals surface area contributed by atoms with Crippen LogP contribution >= 0.6 is 0 Å². The van der Waals surface area contributed by atoms with Crippen LogP contribution in [0.25, 0.3) is 121 Å². The van der Waals surface area contributed by atoms with E-state index in [9.17, 15) is 0 Å². The number of aromatic nitrogens is 8. The lowest BCUT2D eigenvalue weighted by molar-refractivity contribution is -0.288. The number of halogens is 6. The fourth-order valence-electron chi connectivity index (χ4n) is 13.4. The molecule has 0 N–H and O–H groups in total. The summed E-state index contributed by atoms with van der Waals surface area (Å²) in [6, 6.07) is 63.5. The molecular weight excluding hydrogens is 1090 g/mol. The van der Waals surface area contributed by atoms with E-state index in [1.54, 1.807) is 30.9 Å². The van der Waals surface area contributed by atoms with Gasteiger partial charge in [-0.15, -0.1) is 0 Å². The molecule has 0 saturated carbocycles. The van der Waals surface area contributed by atoms with Crippen LogP contribution in [-0.4, -0.2) is 50.6 Å². The zero-order valence-corrected chi connectivity index (χ0v) is 45.3. The zero-order chi connectivity index (χ0) is 58.1. The van der Waals surface area contributed by atoms with Gasteiger partial charge in [-0.3, -0.25) is 19.9 Å². The molecule has 86 heavy (non-hydrogen) atoms. The number of fused-ring (bicyclic) bond motifs is 12. The molecule has 0 fully saturated rings. The molecule has 0 radical (unpaired) electrons. The molecule has 16 rings (SSSR count). The Balaban J connectivity index is 0.756. The summed E-state index contributed by atoms with van der Waals surface area (Å²) in [6.07, 6.45) is 1.47. The summed E-state index contributed by atoms with van der Waals surface area (Å²) in [5, 5.41) is 7.43. The van der Waals surface area contributed by atoms with E-state index in [0.29, 0.717) is 33.6 Å². The highest BCUT2D eigenvalue weighted by Crippen LogP contribution is 2.57. The number of alkyl halides is 6. The second kappa shape index (κ2) is 19.1. The maximum Gasteiger partial charge on any atom is 0.411 e. The molecule has 0 aliphatic rings. The summed E-state index contributed by atoms with van der Waals surface area (Å²) in [6.45, 7) is 0. The average Bonchev–Trinajstić information content (AvgIpc) is 1.47. The van der Waals surface area contributed by atoms with Crippen molar-refractivity contribution in [1.82, 2.24) is 38.2 Å². The standard InChI is InChI=1S/C72H44F6N8/c73-71(74,75)70(72(76,77)78,46-20-28-50(29-21-46)83-60-13-5-2-9-53(60)58-41-79-38-34-62(58)83)47-22-30-51(31-23-47)84-61-14-6-3-10-55(61)68-64(84)35-39-82-69(68)57-11-7-15-63-67(57)56-33-37-81-43-66(56)86(63)49-26-18-45(19-27-49)40-44-16-24-48(25-17-44)85-59-12-4-1-8-52(59)54-32-36-80-42-65(54)85/h1-39,41-43H,40H2. The van der Waals surface area contributed by atoms with Crippen LogP contribution in [-0.2, 0) is 11.8 Å². The van der Waals surface area contributed by atoms with Gasteiger partial charge in [0.15, 0.2) is 0 Å². The van der Waals surface area contributed by atoms with Crippen molar-refractivity contribution in [1.29, 1.82) is 0 Å². The van der Waals surface area contributed by atoms with E-state index in [1.165, 1.54) is 35.2 Å². The fourth-order valence-corrected chi connectivity index (χ4v) is 13.4. The molecule has 0 spiro atoms. The summed E-state index contributed by atoms with van der Waals surface area (Å²) in [5.74, 6) is 0. The van der Waals surface area contributed by atoms with Crippen LogP contribution in [0.3, 0.4) is 0 Å². The third kappa shape index (κ3) is 7.51. The van der Waals surface area contributed by atoms with Gasteiger partial charge >= 0.3 is 12.4 Å². The quantitative estimate of drug-likeness (QED) is 0.135. The van der Waals surface area contributed by atoms with Gasteiger partial charge < -0.3 is 18.3 Å². The third-order valence-corrected chi connectivity index (χ3v) is 17.1. The maximum absolute atomic E-state index is 15.8. The molecule has 8 aromatic heterocycles. The predicted octanol–water partition coefficient (Wildman–Crippen LogP) is 18.3. The van der Waals surface area contributed by atoms with Crippen LogP contribution in [0, 0.1) is 0 Å². The number of hydrogen-bond donors (Lipinski definition) is 0. The van der Waals surface area contributed by atoms with Gasteiger partial charge in [0.05, 0.1) is 62.2 Å². The van der Waals surface area contributed by atoms with Gasteiger partial charge in [-0.05, 0) is 126 Å². The van der Waals surface area contributed by atoms with Gasteiger partial charge in [-0.2, -0.15) is 26.3 Å². The zero-order valence-electron chi connectivity index (χ0n) is 45.3. The van der Waals surface area contributed by atoms with Crippen molar-refractivity contribution in [3.8, 4) is 34.0 Å². The first kappa shape index (κ1) is 50.8. The first-order valence-electron chi connectivity index (χ1n) is 27.9. The molecule has 0 saturated heterocycles. The third-order valence-electron chi connectivity index (χ3n) is 17.1. The summed E-state index contributed by atoms with van der Waals surface area (Å²) >= 11 is 0. The lowest BCUT2D eigenvalue weighted by Gasteiger charge is -2.38. The van der Waals surface area contributed by atoms with Crippen molar-refractivity contribution in [3.63, 3.8) is 0 Å². The molecule has 8 heterocycles. The van der Waals surface area contributed by atoms with Gasteiger partial charge in [0.25, 0.3) is 0 Å². The van der Waals surface area contributed by atoms with Gasteiger partial charge in [0.2, 0.25) is 5.41 Å². The minimum atomic E-state index is -5.80. The Kier molecular flexibility index (Phi) is 11.3. The van der Waals surface area contributed by atoms with E-state index < -0.39 is 28.9 Å². The highest BCUT2D eigenvalue weighted by Gasteiger charge is 2.72. The van der Waals surface area contributed by atoms with Crippen LogP contribution in [0.2, 0.25) is 0 Å². The van der Waals surface area contributed by atoms with Crippen molar-refractivity contribution in [2.24, 2.45) is 0 Å². The molecule has 8 nitrogen and oxygen atoms in total. The fraction of sp³-hybridized carbons (Fsp3) is 0.0556. The van der Waals surface area contributed by atoms with Gasteiger partial charge in [-0.1, -0.05) is 115 Å². The number of nitrogens with zero attached hydrogens (tertiary/aromatic N) is 8. The second-order valence-corrected chi connectivity index (χ2v) is 21.7. The molecule has 14 heteroatoms. The molecule has 0 atom stereocenters. The predicted molar refractivity (Wildman–Crippen MR) is 329 cm³/mol. The highest BCUT2D eigenvalue weighted by atomic mass is 19.4. The minimum absolute atomic E-state index is 0.366. The summed E-state index contributed by atoms with van der Waals surface area (Å²) < 4.78 is 103. The molecular formula is C72H44F6N8. The van der Waals surface area contributed by atoms with Crippen LogP contribution in [0.5, 0.6) is 0 Å². The lowest BCUT2D eigenvalue weighted by atomic mass is 9.73. The lowest BCUT2D eigenvalue weighted by Crippen LogP contribution is -2.54. The Hall–Kier alpha value is -10.9. The van der Waals surface area contributed by atoms with Crippen LogP contribution in [0.1, 0.15) is 22.3 Å². The van der Waals surface area contributed by atoms with Gasteiger partial charge in [0.1, 0.15) is 0 Å². The van der Waals surface area contributed by atoms with Crippen molar-refractivity contribution in [2.45, 2.75) is 24.2 Å². The largest absolute Gasteiger partial charge is 0.411 e. The number of benzene rings is 8. The van der Waals surface area contributed by atoms with Crippen molar-refractivity contribution < 1.29 is 26.3 Å². The van der Waals surface area contributed by atoms with Crippen molar-refractivity contribution >= 4 is 87.2 Å². The monoisotopic (exact) mass is 1130 g/mol. The van der Waals surface area contributed by atoms with E-state index in [0.717, 1.165) is 118 Å². The summed E-state index contributed by atoms with van der Waals surface area (Å²) in [4.78, 5) is 18.3. The molecule has 414 valence electrons. The van der Waals surface area contributed by atoms with E-state index in [-0.39, 0.29) is 0 Å². The number of hydrogen-bond acceptors (Lipinski definition) is 4. The van der Waals surface area contributed by atoms with Gasteiger partial charge in [-0.25, -0.2) is 0 Å². The molecule has 8 aromatic carbocycles. The molecule has 0 bridgehead atoms. The Bertz CT molecular complexity index is 5220. The minimum Gasteiger partial charge on any atom is -0.309 e. The van der Waals surface area contributed by atoms with Crippen LogP contribution in [0.15, 0.2) is 256 Å². The molecule has 0 amide bonds. The number of rotatable bonds is 9. The van der Waals surface area contributed by atoms with Crippen molar-refractivity contribution in [2.75, 3.05) is 0 Å². The Morgan fingerprint density at radius 2 is 0.686 bits per heavy atom. The Labute approximate surface area is 485 Å². The smallest absolute Gasteiger partial charge is 0.309 e. The Morgan fingerprint density at radius 1 is 0.302 bits per heavy atom. The first-order chi connectivity index (χ1) is 42.0. The topological polar surface area (TPSA) is 71.3 Å². The average molecular weight is 1140 g/mol. The maximum atomic E-state index is 15.8. The summed E-state index contributed by atoms with van der Waals surface area (Å²) in [5.41, 5.74) is 7.04. The molecule has 0 aliphatic heterocycles. The molecule has 0 unspecified atom stereocenters. The number of para-hydroxylation sites is 3. The molecule has 16 aromatic rings. The van der Waals surface area contributed by atoms with Crippen LogP contribution < -0.4 is 0 Å². The van der Waals surface area contributed by atoms with E-state index in [2.05, 4.69) is 109 Å². The molecule has 0 aliphatic carbocycles. The first-order valence-corrected chi connectivity index (χ1v) is 27.9. The van der Waals surface area contributed by atoms with Gasteiger partial charge in [0, 0.05) is 102 Å². The highest BCUT2D eigenvalue weighted by molar-refractivity contribution is 6.21. The van der Waals surface area contributed by atoms with E-state index in [4.69, 9.17) is 4.98 Å². The normalized spacial score (nSPS) is 12.6. The van der Waals surface area contributed by atoms with Crippen molar-refractivity contribution in [3.05, 3.63) is 278 Å². The summed E-state index contributed by atoms with van der Waals surface area (Å²) in [7, 11) is 0. The number of pyridine rings is 4. The van der Waals surface area contributed by atoms with E-state index >= 15 is 26.3 Å². The van der Waals surface area contributed by atoms with E-state index in [1.807, 2.05) is 101 Å². The van der Waals surface area contributed by atoms with Crippen LogP contribution in [0.4, 0.5) is 26.3 Å².